The summed E-state index contributed by atoms with van der Waals surface area (Å²) in [6.07, 6.45) is 2.33. The maximum atomic E-state index is 13.7. The van der Waals surface area contributed by atoms with Gasteiger partial charge in [0.05, 0.1) is 35.0 Å². The SMILES string of the molecule is COc1cc2c(=O)c3c4ccc(C#N)cc4[nH]c3n(C(C)C)c2cc1-c1cncc(S(=O)(=O)F)c1. The van der Waals surface area contributed by atoms with E-state index < -0.39 is 15.1 Å². The Bertz CT molecular complexity index is 1880. The summed E-state index contributed by atoms with van der Waals surface area (Å²) in [5.74, 6) is 0.311. The number of benzene rings is 2. The zero-order valence-corrected chi connectivity index (χ0v) is 19.8. The third kappa shape index (κ3) is 3.52. The third-order valence-corrected chi connectivity index (χ3v) is 6.81. The molecular formula is C25H19FN4O4S. The standard InChI is InChI=1S/C25H19FN4O4S/c1-13(2)30-21-8-18(15-7-16(12-28-11-15)35(26,32)33)22(34-3)9-19(21)24(31)23-17-5-4-14(10-27)6-20(17)29-25(23)30/h4-9,11-13,29H,1-3H3. The minimum Gasteiger partial charge on any atom is -0.496 e. The number of methoxy groups -OCH3 is 1. The van der Waals surface area contributed by atoms with Crippen LogP contribution >= 0.6 is 0 Å². The molecule has 0 saturated carbocycles. The number of ether oxygens (including phenoxy) is 1. The van der Waals surface area contributed by atoms with Gasteiger partial charge in [-0.05, 0) is 44.2 Å². The van der Waals surface area contributed by atoms with Gasteiger partial charge in [-0.2, -0.15) is 13.7 Å². The van der Waals surface area contributed by atoms with Gasteiger partial charge in [0.25, 0.3) is 0 Å². The van der Waals surface area contributed by atoms with Crippen molar-refractivity contribution in [3.05, 3.63) is 64.6 Å². The van der Waals surface area contributed by atoms with E-state index >= 15 is 0 Å². The number of halogens is 1. The third-order valence-electron chi connectivity index (χ3n) is 6.02. The molecule has 176 valence electrons. The number of pyridine rings is 2. The highest BCUT2D eigenvalue weighted by molar-refractivity contribution is 7.86. The Morgan fingerprint density at radius 2 is 1.91 bits per heavy atom. The Balaban J connectivity index is 1.93. The second kappa shape index (κ2) is 7.92. The first-order valence-corrected chi connectivity index (χ1v) is 12.0. The topological polar surface area (TPSA) is 118 Å². The monoisotopic (exact) mass is 490 g/mol. The molecule has 0 amide bonds. The van der Waals surface area contributed by atoms with Gasteiger partial charge in [0.2, 0.25) is 0 Å². The van der Waals surface area contributed by atoms with Crippen LogP contribution in [0.25, 0.3) is 44.0 Å². The zero-order valence-electron chi connectivity index (χ0n) is 19.0. The van der Waals surface area contributed by atoms with Crippen LogP contribution in [0.1, 0.15) is 25.5 Å². The van der Waals surface area contributed by atoms with E-state index in [9.17, 15) is 22.4 Å². The molecular weight excluding hydrogens is 471 g/mol. The molecule has 8 nitrogen and oxygen atoms in total. The predicted molar refractivity (Wildman–Crippen MR) is 131 cm³/mol. The van der Waals surface area contributed by atoms with Crippen LogP contribution in [0, 0.1) is 11.3 Å². The summed E-state index contributed by atoms with van der Waals surface area (Å²) in [6, 6.07) is 11.6. The van der Waals surface area contributed by atoms with Gasteiger partial charge in [0.15, 0.2) is 5.43 Å². The van der Waals surface area contributed by atoms with E-state index in [1.165, 1.54) is 19.4 Å². The molecule has 0 bridgehead atoms. The van der Waals surface area contributed by atoms with Gasteiger partial charge in [-0.15, -0.1) is 3.89 Å². The van der Waals surface area contributed by atoms with Crippen LogP contribution < -0.4 is 10.2 Å². The maximum Gasteiger partial charge on any atom is 0.333 e. The van der Waals surface area contributed by atoms with Crippen LogP contribution in [-0.2, 0) is 10.2 Å². The van der Waals surface area contributed by atoms with E-state index in [0.717, 1.165) is 6.20 Å². The van der Waals surface area contributed by atoms with Crippen molar-refractivity contribution in [1.82, 2.24) is 14.5 Å². The minimum absolute atomic E-state index is 0.0824. The average Bonchev–Trinajstić information content (AvgIpc) is 3.21. The maximum absolute atomic E-state index is 13.7. The molecule has 0 aliphatic carbocycles. The van der Waals surface area contributed by atoms with Crippen molar-refractivity contribution >= 4 is 43.1 Å². The summed E-state index contributed by atoms with van der Waals surface area (Å²) in [4.78, 5) is 20.3. The highest BCUT2D eigenvalue weighted by Crippen LogP contribution is 2.37. The number of fused-ring (bicyclic) bond motifs is 4. The smallest absolute Gasteiger partial charge is 0.333 e. The van der Waals surface area contributed by atoms with Crippen molar-refractivity contribution < 1.29 is 17.0 Å². The second-order valence-electron chi connectivity index (χ2n) is 8.43. The van der Waals surface area contributed by atoms with Crippen LogP contribution in [0.4, 0.5) is 3.89 Å². The number of nitrogens with one attached hydrogen (secondary N) is 1. The van der Waals surface area contributed by atoms with Crippen molar-refractivity contribution in [2.75, 3.05) is 7.11 Å². The molecule has 0 spiro atoms. The molecule has 0 unspecified atom stereocenters. The summed E-state index contributed by atoms with van der Waals surface area (Å²) in [5.41, 5.74) is 2.86. The second-order valence-corrected chi connectivity index (χ2v) is 9.78. The van der Waals surface area contributed by atoms with Crippen LogP contribution in [-0.4, -0.2) is 30.1 Å². The largest absolute Gasteiger partial charge is 0.496 e. The lowest BCUT2D eigenvalue weighted by Gasteiger charge is -2.19. The van der Waals surface area contributed by atoms with Crippen molar-refractivity contribution in [3.8, 4) is 22.9 Å². The number of aromatic amines is 1. The van der Waals surface area contributed by atoms with Crippen molar-refractivity contribution in [2.24, 2.45) is 0 Å². The highest BCUT2D eigenvalue weighted by atomic mass is 32.3. The van der Waals surface area contributed by atoms with E-state index in [4.69, 9.17) is 4.74 Å². The fourth-order valence-corrected chi connectivity index (χ4v) is 4.95. The summed E-state index contributed by atoms with van der Waals surface area (Å²) in [7, 11) is -3.53. The molecule has 5 rings (SSSR count). The highest BCUT2D eigenvalue weighted by Gasteiger charge is 2.21. The van der Waals surface area contributed by atoms with Crippen LogP contribution in [0.3, 0.4) is 0 Å². The normalized spacial score (nSPS) is 12.0. The Kier molecular flexibility index (Phi) is 5.11. The summed E-state index contributed by atoms with van der Waals surface area (Å²) in [6.45, 7) is 3.94. The molecule has 0 saturated heterocycles. The fraction of sp³-hybridized carbons (Fsp3) is 0.160. The quantitative estimate of drug-likeness (QED) is 0.361. The number of nitriles is 1. The molecule has 0 aliphatic rings. The number of aromatic nitrogens is 3. The molecule has 0 aliphatic heterocycles. The molecule has 0 radical (unpaired) electrons. The summed E-state index contributed by atoms with van der Waals surface area (Å²) < 4.78 is 44.0. The molecule has 10 heteroatoms. The number of H-pyrrole nitrogens is 1. The van der Waals surface area contributed by atoms with E-state index in [1.54, 1.807) is 30.3 Å². The number of hydrogen-bond donors (Lipinski definition) is 1. The lowest BCUT2D eigenvalue weighted by molar-refractivity contribution is 0.417. The van der Waals surface area contributed by atoms with Gasteiger partial charge >= 0.3 is 10.2 Å². The molecule has 1 N–H and O–H groups in total. The van der Waals surface area contributed by atoms with Gasteiger partial charge in [0, 0.05) is 40.5 Å². The van der Waals surface area contributed by atoms with Gasteiger partial charge in [-0.25, -0.2) is 0 Å². The van der Waals surface area contributed by atoms with Crippen molar-refractivity contribution in [3.63, 3.8) is 0 Å². The molecule has 3 aromatic heterocycles. The molecule has 0 fully saturated rings. The Hall–Kier alpha value is -4.23. The molecule has 2 aromatic carbocycles. The molecule has 3 heterocycles. The minimum atomic E-state index is -4.96. The van der Waals surface area contributed by atoms with Gasteiger partial charge in [0.1, 0.15) is 16.3 Å². The molecule has 35 heavy (non-hydrogen) atoms. The number of nitrogens with zero attached hydrogens (tertiary/aromatic N) is 3. The van der Waals surface area contributed by atoms with Crippen molar-refractivity contribution in [2.45, 2.75) is 24.8 Å². The lowest BCUT2D eigenvalue weighted by Crippen LogP contribution is -2.13. The van der Waals surface area contributed by atoms with Crippen LogP contribution in [0.2, 0.25) is 0 Å². The first-order chi connectivity index (χ1) is 16.6. The summed E-state index contributed by atoms with van der Waals surface area (Å²) >= 11 is 0. The Morgan fingerprint density at radius 3 is 2.57 bits per heavy atom. The first kappa shape index (κ1) is 22.6. The van der Waals surface area contributed by atoms with Crippen LogP contribution in [0.5, 0.6) is 5.75 Å². The molecule has 0 atom stereocenters. The summed E-state index contributed by atoms with van der Waals surface area (Å²) in [5, 5.41) is 10.9. The average molecular weight is 491 g/mol. The van der Waals surface area contributed by atoms with E-state index in [-0.39, 0.29) is 11.5 Å². The first-order valence-electron chi connectivity index (χ1n) is 10.7. The van der Waals surface area contributed by atoms with E-state index in [0.29, 0.717) is 55.3 Å². The van der Waals surface area contributed by atoms with E-state index in [2.05, 4.69) is 16.0 Å². The Labute approximate surface area is 199 Å². The predicted octanol–water partition coefficient (Wildman–Crippen LogP) is 4.82. The zero-order chi connectivity index (χ0) is 25.1. The Morgan fingerprint density at radius 1 is 1.14 bits per heavy atom. The van der Waals surface area contributed by atoms with Gasteiger partial charge in [-0.1, -0.05) is 6.07 Å². The lowest BCUT2D eigenvalue weighted by atomic mass is 10.0. The van der Waals surface area contributed by atoms with Crippen LogP contribution in [0.15, 0.2) is 58.5 Å². The van der Waals surface area contributed by atoms with Gasteiger partial charge < -0.3 is 14.3 Å². The number of rotatable bonds is 4. The van der Waals surface area contributed by atoms with Crippen molar-refractivity contribution in [1.29, 1.82) is 5.26 Å². The number of hydrogen-bond acceptors (Lipinski definition) is 6. The van der Waals surface area contributed by atoms with Gasteiger partial charge in [-0.3, -0.25) is 9.78 Å². The van der Waals surface area contributed by atoms with E-state index in [1.807, 2.05) is 18.4 Å². The fourth-order valence-electron chi connectivity index (χ4n) is 4.50. The molecule has 5 aromatic rings.